The van der Waals surface area contributed by atoms with Gasteiger partial charge < -0.3 is 33.8 Å². The van der Waals surface area contributed by atoms with Gasteiger partial charge in [0, 0.05) is 25.7 Å². The van der Waals surface area contributed by atoms with Gasteiger partial charge in [-0.05, 0) is 141 Å². The number of esters is 4. The zero-order valence-electron chi connectivity index (χ0n) is 68.6. The number of aliphatic hydroxyl groups is 1. The molecule has 0 aliphatic rings. The molecule has 626 valence electrons. The molecule has 0 aromatic rings. The average molecular weight is 1580 g/mol. The zero-order valence-corrected chi connectivity index (χ0v) is 70.4. The van der Waals surface area contributed by atoms with Crippen molar-refractivity contribution < 1.29 is 80.2 Å². The summed E-state index contributed by atoms with van der Waals surface area (Å²) < 4.78 is 68.7. The molecule has 5 unspecified atom stereocenters. The van der Waals surface area contributed by atoms with Crippen LogP contribution < -0.4 is 0 Å². The molecular formula is C91H150O17P2. The Morgan fingerprint density at radius 1 is 0.264 bits per heavy atom. The van der Waals surface area contributed by atoms with Gasteiger partial charge in [-0.1, -0.05) is 326 Å². The summed E-state index contributed by atoms with van der Waals surface area (Å²) in [5.74, 6) is -2.32. The maximum Gasteiger partial charge on any atom is 0.472 e. The van der Waals surface area contributed by atoms with Crippen molar-refractivity contribution in [3.05, 3.63) is 170 Å². The first-order chi connectivity index (χ1) is 53.7. The number of phosphoric acid groups is 2. The molecule has 0 aliphatic carbocycles. The van der Waals surface area contributed by atoms with Crippen molar-refractivity contribution in [3.63, 3.8) is 0 Å². The van der Waals surface area contributed by atoms with Gasteiger partial charge in [-0.25, -0.2) is 9.13 Å². The van der Waals surface area contributed by atoms with Gasteiger partial charge in [0.1, 0.15) is 19.3 Å². The van der Waals surface area contributed by atoms with Gasteiger partial charge >= 0.3 is 39.5 Å². The van der Waals surface area contributed by atoms with Crippen molar-refractivity contribution >= 4 is 39.5 Å². The van der Waals surface area contributed by atoms with Gasteiger partial charge in [-0.15, -0.1) is 0 Å². The highest BCUT2D eigenvalue weighted by Gasteiger charge is 2.30. The average Bonchev–Trinajstić information content (AvgIpc) is 0.899. The van der Waals surface area contributed by atoms with Crippen LogP contribution in [0.25, 0.3) is 0 Å². The van der Waals surface area contributed by atoms with Crippen LogP contribution in [0.4, 0.5) is 0 Å². The number of unbranched alkanes of at least 4 members (excludes halogenated alkanes) is 24. The van der Waals surface area contributed by atoms with Crippen LogP contribution in [0.2, 0.25) is 0 Å². The van der Waals surface area contributed by atoms with Gasteiger partial charge in [0.25, 0.3) is 0 Å². The number of hydrogen-bond donors (Lipinski definition) is 3. The summed E-state index contributed by atoms with van der Waals surface area (Å²) in [6.07, 6.45) is 97.6. The minimum absolute atomic E-state index is 0.0328. The van der Waals surface area contributed by atoms with Gasteiger partial charge in [-0.3, -0.25) is 37.3 Å². The summed E-state index contributed by atoms with van der Waals surface area (Å²) >= 11 is 0. The predicted octanol–water partition coefficient (Wildman–Crippen LogP) is 25.3. The fourth-order valence-corrected chi connectivity index (χ4v) is 12.5. The molecule has 0 bridgehead atoms. The molecule has 5 atom stereocenters. The van der Waals surface area contributed by atoms with E-state index in [-0.39, 0.29) is 25.7 Å². The van der Waals surface area contributed by atoms with E-state index in [9.17, 15) is 43.2 Å². The second-order valence-corrected chi connectivity index (χ2v) is 30.5. The number of phosphoric ester groups is 2. The lowest BCUT2D eigenvalue weighted by molar-refractivity contribution is -0.161. The normalized spacial score (nSPS) is 14.6. The van der Waals surface area contributed by atoms with Crippen molar-refractivity contribution in [2.24, 2.45) is 0 Å². The topological polar surface area (TPSA) is 237 Å². The lowest BCUT2D eigenvalue weighted by Gasteiger charge is -2.21. The van der Waals surface area contributed by atoms with Crippen molar-refractivity contribution in [3.8, 4) is 0 Å². The third kappa shape index (κ3) is 80.5. The standard InChI is InChI=1S/C91H150O17P2/c1-5-9-13-17-21-25-29-33-37-40-42-45-48-51-55-59-63-67-71-75-88(93)101-81-86(107-90(95)77-73-69-65-61-57-53-47-36-32-28-24-20-16-12-8-4)83-105-109(97,98)103-79-85(92)80-104-110(99,100)106-84-87(108-91(96)78-74-70-66-62-58-54-50-44-39-35-31-27-23-19-15-11-7-3)82-102-89(94)76-72-68-64-60-56-52-49-46-43-41-38-34-30-26-22-18-14-10-6-2/h9-11,13-15,21-23,25-27,33-35,37-39,42-43,45-46,51-52,55-56,63,67,85-87,92H,5-8,12,16-20,24,28-32,36,40-41,44,47-50,53-54,57-62,64-66,68-84H2,1-4H3,(H,97,98)(H,99,100)/b13-9-,14-10-,15-11-,25-21-,26-22-,27-23-,37-33-,38-34-,39-35-,45-42-,46-43-,55-51-,56-52-,67-63-. The quantitative estimate of drug-likeness (QED) is 0.0169. The third-order valence-electron chi connectivity index (χ3n) is 17.2. The maximum atomic E-state index is 13.1. The van der Waals surface area contributed by atoms with Crippen molar-refractivity contribution in [1.29, 1.82) is 0 Å². The molecule has 110 heavy (non-hydrogen) atoms. The third-order valence-corrected chi connectivity index (χ3v) is 19.1. The van der Waals surface area contributed by atoms with E-state index in [4.69, 9.17) is 37.0 Å². The number of ether oxygens (including phenoxy) is 4. The minimum Gasteiger partial charge on any atom is -0.462 e. The van der Waals surface area contributed by atoms with Crippen molar-refractivity contribution in [1.82, 2.24) is 0 Å². The summed E-state index contributed by atoms with van der Waals surface area (Å²) in [5, 5.41) is 10.7. The fourth-order valence-electron chi connectivity index (χ4n) is 10.9. The van der Waals surface area contributed by atoms with E-state index in [1.165, 1.54) is 64.2 Å². The Morgan fingerprint density at radius 2 is 0.491 bits per heavy atom. The fraction of sp³-hybridized carbons (Fsp3) is 0.648. The van der Waals surface area contributed by atoms with Gasteiger partial charge in [-0.2, -0.15) is 0 Å². The Bertz CT molecular complexity index is 2750. The van der Waals surface area contributed by atoms with Crippen molar-refractivity contribution in [2.45, 2.75) is 341 Å². The molecule has 0 rings (SSSR count). The maximum absolute atomic E-state index is 13.1. The molecule has 0 saturated carbocycles. The van der Waals surface area contributed by atoms with E-state index in [0.29, 0.717) is 32.1 Å². The SMILES string of the molecule is CC/C=C\C/C=C\C/C=C\C/C=C\C/C=C\C/C=C\CCC(=O)OCC(COP(=O)(O)OCC(O)COP(=O)(O)OCC(COC(=O)CCCCC/C=C\C/C=C\C/C=C\C/C=C\C/C=C\CC)OC(=O)CCCCCCCCC/C=C\C/C=C\C/C=C\CC)OC(=O)CCCCCCCCCCCCCCCCC. The zero-order chi connectivity index (χ0) is 80.3. The smallest absolute Gasteiger partial charge is 0.462 e. The van der Waals surface area contributed by atoms with Crippen LogP contribution in [0, 0.1) is 0 Å². The van der Waals surface area contributed by atoms with E-state index in [1.54, 1.807) is 0 Å². The van der Waals surface area contributed by atoms with Crippen LogP contribution >= 0.6 is 15.6 Å². The van der Waals surface area contributed by atoms with Crippen LogP contribution in [-0.4, -0.2) is 96.7 Å². The molecular weight excluding hydrogens is 1430 g/mol. The van der Waals surface area contributed by atoms with Crippen LogP contribution in [-0.2, 0) is 65.4 Å². The van der Waals surface area contributed by atoms with Crippen LogP contribution in [0.15, 0.2) is 170 Å². The predicted molar refractivity (Wildman–Crippen MR) is 454 cm³/mol. The Labute approximate surface area is 667 Å². The lowest BCUT2D eigenvalue weighted by atomic mass is 10.0. The van der Waals surface area contributed by atoms with E-state index < -0.39 is 97.5 Å². The largest absolute Gasteiger partial charge is 0.472 e. The molecule has 0 saturated heterocycles. The monoisotopic (exact) mass is 1580 g/mol. The Hall–Kier alpha value is -5.58. The number of allylic oxidation sites excluding steroid dienone is 28. The number of aliphatic hydroxyl groups excluding tert-OH is 1. The molecule has 0 amide bonds. The molecule has 19 heteroatoms. The van der Waals surface area contributed by atoms with E-state index in [1.807, 2.05) is 18.2 Å². The lowest BCUT2D eigenvalue weighted by Crippen LogP contribution is -2.30. The van der Waals surface area contributed by atoms with E-state index >= 15 is 0 Å². The van der Waals surface area contributed by atoms with E-state index in [0.717, 1.165) is 173 Å². The summed E-state index contributed by atoms with van der Waals surface area (Å²) in [4.78, 5) is 73.2. The van der Waals surface area contributed by atoms with Gasteiger partial charge in [0.2, 0.25) is 0 Å². The number of carbonyl (C=O) groups excluding carboxylic acids is 4. The van der Waals surface area contributed by atoms with Gasteiger partial charge in [0.05, 0.1) is 26.4 Å². The summed E-state index contributed by atoms with van der Waals surface area (Å²) in [5.41, 5.74) is 0. The molecule has 0 radical (unpaired) electrons. The highest BCUT2D eigenvalue weighted by molar-refractivity contribution is 7.47. The highest BCUT2D eigenvalue weighted by atomic mass is 31.2. The van der Waals surface area contributed by atoms with Crippen LogP contribution in [0.1, 0.15) is 323 Å². The first kappa shape index (κ1) is 104. The van der Waals surface area contributed by atoms with Gasteiger partial charge in [0.15, 0.2) is 12.2 Å². The molecule has 3 N–H and O–H groups in total. The van der Waals surface area contributed by atoms with Crippen LogP contribution in [0.3, 0.4) is 0 Å². The van der Waals surface area contributed by atoms with Crippen LogP contribution in [0.5, 0.6) is 0 Å². The van der Waals surface area contributed by atoms with E-state index in [2.05, 4.69) is 180 Å². The molecule has 0 aliphatic heterocycles. The first-order valence-corrected chi connectivity index (χ1v) is 45.4. The molecule has 17 nitrogen and oxygen atoms in total. The Kier molecular flexibility index (Phi) is 77.3. The van der Waals surface area contributed by atoms with Crippen molar-refractivity contribution in [2.75, 3.05) is 39.6 Å². The molecule has 0 aromatic carbocycles. The Balaban J connectivity index is 5.48. The second kappa shape index (κ2) is 81.4. The molecule has 0 fully saturated rings. The minimum atomic E-state index is -5.00. The summed E-state index contributed by atoms with van der Waals surface area (Å²) in [6, 6.07) is 0. The number of carbonyl (C=O) groups is 4. The molecule has 0 heterocycles. The summed E-state index contributed by atoms with van der Waals surface area (Å²) in [6.45, 7) is 4.43. The Morgan fingerprint density at radius 3 is 0.791 bits per heavy atom. The number of rotatable bonds is 78. The molecule has 0 spiro atoms. The number of hydrogen-bond acceptors (Lipinski definition) is 15. The second-order valence-electron chi connectivity index (χ2n) is 27.6. The highest BCUT2D eigenvalue weighted by Crippen LogP contribution is 2.45. The molecule has 0 aromatic heterocycles. The first-order valence-electron chi connectivity index (χ1n) is 42.4. The summed E-state index contributed by atoms with van der Waals surface area (Å²) in [7, 11) is -10.0.